The van der Waals surface area contributed by atoms with E-state index in [-0.39, 0.29) is 17.5 Å². The minimum Gasteiger partial charge on any atom is -0.545 e. The van der Waals surface area contributed by atoms with E-state index in [9.17, 15) is 9.90 Å². The summed E-state index contributed by atoms with van der Waals surface area (Å²) in [7, 11) is 1.67. The number of rotatable bonds is 3. The Morgan fingerprint density at radius 1 is 1.25 bits per heavy atom. The number of carboxylic acids is 1. The third-order valence-electron chi connectivity index (χ3n) is 5.05. The zero-order valence-electron chi connectivity index (χ0n) is 13.4. The lowest BCUT2D eigenvalue weighted by Crippen LogP contribution is -2.30. The highest BCUT2D eigenvalue weighted by molar-refractivity contribution is 5.87. The Morgan fingerprint density at radius 2 is 2.12 bits per heavy atom. The first kappa shape index (κ1) is 14.8. The standard InChI is InChI=1S/C20H19NO3/c1-24-14-5-2-4-12(10-14)19-16-7-3-6-15(16)17-11-13(20(22)23)8-9-18(17)21-19/h2-6,8-11,15-16,19,21H,7H2,1H3,(H,22,23)/p-1/t15-,16+,19+/m1/s1. The summed E-state index contributed by atoms with van der Waals surface area (Å²) < 4.78 is 5.35. The van der Waals surface area contributed by atoms with Crippen LogP contribution in [-0.2, 0) is 0 Å². The Balaban J connectivity index is 1.76. The van der Waals surface area contributed by atoms with Crippen molar-refractivity contribution in [2.24, 2.45) is 5.92 Å². The van der Waals surface area contributed by atoms with Crippen molar-refractivity contribution >= 4 is 11.7 Å². The largest absolute Gasteiger partial charge is 0.545 e. The molecule has 4 heteroatoms. The number of nitrogens with one attached hydrogen (secondary N) is 1. The van der Waals surface area contributed by atoms with Crippen LogP contribution in [0.4, 0.5) is 5.69 Å². The lowest BCUT2D eigenvalue weighted by Gasteiger charge is -2.38. The van der Waals surface area contributed by atoms with Gasteiger partial charge in [0.1, 0.15) is 5.75 Å². The van der Waals surface area contributed by atoms with Gasteiger partial charge in [0, 0.05) is 11.6 Å². The predicted octanol–water partition coefficient (Wildman–Crippen LogP) is 2.89. The Hall–Kier alpha value is -2.75. The molecule has 2 aromatic rings. The van der Waals surface area contributed by atoms with Gasteiger partial charge in [-0.3, -0.25) is 0 Å². The first-order chi connectivity index (χ1) is 11.7. The van der Waals surface area contributed by atoms with Gasteiger partial charge in [-0.25, -0.2) is 0 Å². The molecule has 4 nitrogen and oxygen atoms in total. The van der Waals surface area contributed by atoms with E-state index in [1.165, 1.54) is 5.56 Å². The van der Waals surface area contributed by atoms with Crippen molar-refractivity contribution < 1.29 is 14.6 Å². The Labute approximate surface area is 140 Å². The van der Waals surface area contributed by atoms with Gasteiger partial charge >= 0.3 is 0 Å². The maximum atomic E-state index is 11.2. The molecule has 1 N–H and O–H groups in total. The highest BCUT2D eigenvalue weighted by atomic mass is 16.5. The van der Waals surface area contributed by atoms with Gasteiger partial charge in [-0.2, -0.15) is 0 Å². The summed E-state index contributed by atoms with van der Waals surface area (Å²) in [5, 5.41) is 14.8. The molecule has 2 aliphatic rings. The summed E-state index contributed by atoms with van der Waals surface area (Å²) in [4.78, 5) is 11.2. The van der Waals surface area contributed by atoms with Crippen LogP contribution in [0.3, 0.4) is 0 Å². The van der Waals surface area contributed by atoms with E-state index in [1.807, 2.05) is 18.2 Å². The number of methoxy groups -OCH3 is 1. The summed E-state index contributed by atoms with van der Waals surface area (Å²) in [5.41, 5.74) is 3.44. The molecule has 2 aromatic carbocycles. The summed E-state index contributed by atoms with van der Waals surface area (Å²) in [6.45, 7) is 0. The lowest BCUT2D eigenvalue weighted by atomic mass is 9.76. The molecule has 0 bridgehead atoms. The molecule has 0 unspecified atom stereocenters. The molecule has 24 heavy (non-hydrogen) atoms. The molecule has 122 valence electrons. The molecule has 3 atom stereocenters. The molecule has 4 rings (SSSR count). The molecule has 0 radical (unpaired) electrons. The number of anilines is 1. The molecule has 0 spiro atoms. The van der Waals surface area contributed by atoms with E-state index in [4.69, 9.17) is 4.74 Å². The van der Waals surface area contributed by atoms with Gasteiger partial charge in [0.15, 0.2) is 0 Å². The highest BCUT2D eigenvalue weighted by Crippen LogP contribution is 2.50. The normalized spacial score (nSPS) is 24.0. The number of benzene rings is 2. The monoisotopic (exact) mass is 320 g/mol. The predicted molar refractivity (Wildman–Crippen MR) is 90.1 cm³/mol. The van der Waals surface area contributed by atoms with E-state index in [2.05, 4.69) is 29.6 Å². The molecule has 0 fully saturated rings. The lowest BCUT2D eigenvalue weighted by molar-refractivity contribution is -0.255. The smallest absolute Gasteiger partial charge is 0.119 e. The van der Waals surface area contributed by atoms with Crippen LogP contribution >= 0.6 is 0 Å². The van der Waals surface area contributed by atoms with E-state index < -0.39 is 5.97 Å². The molecule has 0 amide bonds. The van der Waals surface area contributed by atoms with Gasteiger partial charge in [0.2, 0.25) is 0 Å². The fourth-order valence-corrected chi connectivity index (χ4v) is 3.89. The summed E-state index contributed by atoms with van der Waals surface area (Å²) in [6.07, 6.45) is 5.34. The van der Waals surface area contributed by atoms with Crippen molar-refractivity contribution in [3.8, 4) is 5.75 Å². The average Bonchev–Trinajstić information content (AvgIpc) is 3.10. The van der Waals surface area contributed by atoms with Crippen molar-refractivity contribution in [3.05, 3.63) is 71.3 Å². The number of fused-ring (bicyclic) bond motifs is 3. The fraction of sp³-hybridized carbons (Fsp3) is 0.250. The van der Waals surface area contributed by atoms with Gasteiger partial charge in [-0.05, 0) is 53.3 Å². The zero-order valence-corrected chi connectivity index (χ0v) is 13.4. The molecule has 0 aromatic heterocycles. The molecule has 0 saturated heterocycles. The summed E-state index contributed by atoms with van der Waals surface area (Å²) in [5.74, 6) is 0.291. The van der Waals surface area contributed by atoms with Crippen molar-refractivity contribution in [1.29, 1.82) is 0 Å². The summed E-state index contributed by atoms with van der Waals surface area (Å²) >= 11 is 0. The fourth-order valence-electron chi connectivity index (χ4n) is 3.89. The van der Waals surface area contributed by atoms with Crippen LogP contribution in [0.25, 0.3) is 0 Å². The molecule has 1 heterocycles. The van der Waals surface area contributed by atoms with Crippen LogP contribution in [0.5, 0.6) is 5.75 Å². The second-order valence-corrected chi connectivity index (χ2v) is 6.34. The third-order valence-corrected chi connectivity index (χ3v) is 5.05. The zero-order chi connectivity index (χ0) is 16.7. The van der Waals surface area contributed by atoms with Crippen LogP contribution in [0, 0.1) is 5.92 Å². The van der Waals surface area contributed by atoms with Crippen LogP contribution in [-0.4, -0.2) is 13.1 Å². The van der Waals surface area contributed by atoms with Crippen molar-refractivity contribution in [2.75, 3.05) is 12.4 Å². The maximum absolute atomic E-state index is 11.2. The Bertz CT molecular complexity index is 827. The number of ether oxygens (including phenoxy) is 1. The van der Waals surface area contributed by atoms with Gasteiger partial charge in [-0.1, -0.05) is 30.4 Å². The topological polar surface area (TPSA) is 61.4 Å². The minimum atomic E-state index is -1.13. The molecular formula is C20H18NO3-. The van der Waals surface area contributed by atoms with E-state index >= 15 is 0 Å². The quantitative estimate of drug-likeness (QED) is 0.883. The van der Waals surface area contributed by atoms with Gasteiger partial charge in [-0.15, -0.1) is 0 Å². The second-order valence-electron chi connectivity index (χ2n) is 6.34. The first-order valence-electron chi connectivity index (χ1n) is 8.10. The molecule has 0 saturated carbocycles. The van der Waals surface area contributed by atoms with Crippen molar-refractivity contribution in [1.82, 2.24) is 0 Å². The highest BCUT2D eigenvalue weighted by Gasteiger charge is 2.38. The Morgan fingerprint density at radius 3 is 2.92 bits per heavy atom. The average molecular weight is 320 g/mol. The van der Waals surface area contributed by atoms with Crippen LogP contribution in [0.1, 0.15) is 39.9 Å². The number of carboxylic acid groups (broad SMARTS) is 1. The Kier molecular flexibility index (Phi) is 3.53. The number of carbonyl (C=O) groups is 1. The van der Waals surface area contributed by atoms with E-state index in [0.29, 0.717) is 5.92 Å². The number of hydrogen-bond donors (Lipinski definition) is 1. The van der Waals surface area contributed by atoms with Crippen LogP contribution in [0.2, 0.25) is 0 Å². The van der Waals surface area contributed by atoms with Gasteiger partial charge in [0.05, 0.1) is 19.1 Å². The number of aromatic carboxylic acids is 1. The van der Waals surface area contributed by atoms with E-state index in [1.54, 1.807) is 19.2 Å². The third kappa shape index (κ3) is 2.35. The van der Waals surface area contributed by atoms with Crippen molar-refractivity contribution in [2.45, 2.75) is 18.4 Å². The second kappa shape index (κ2) is 5.71. The van der Waals surface area contributed by atoms with Gasteiger partial charge < -0.3 is 20.0 Å². The van der Waals surface area contributed by atoms with Crippen molar-refractivity contribution in [3.63, 3.8) is 0 Å². The molecular weight excluding hydrogens is 302 g/mol. The maximum Gasteiger partial charge on any atom is 0.119 e. The molecule has 1 aliphatic carbocycles. The number of carbonyl (C=O) groups excluding carboxylic acids is 1. The SMILES string of the molecule is COc1cccc([C@@H]2Nc3ccc(C(=O)[O-])cc3[C@@H]3C=CC[C@@H]32)c1. The number of hydrogen-bond acceptors (Lipinski definition) is 4. The van der Waals surface area contributed by atoms with E-state index in [0.717, 1.165) is 23.4 Å². The number of allylic oxidation sites excluding steroid dienone is 2. The summed E-state index contributed by atoms with van der Waals surface area (Å²) in [6, 6.07) is 13.5. The van der Waals surface area contributed by atoms with Gasteiger partial charge in [0.25, 0.3) is 0 Å². The molecule has 1 aliphatic heterocycles. The van der Waals surface area contributed by atoms with Crippen LogP contribution < -0.4 is 15.2 Å². The first-order valence-corrected chi connectivity index (χ1v) is 8.10. The van der Waals surface area contributed by atoms with Crippen LogP contribution in [0.15, 0.2) is 54.6 Å². The minimum absolute atomic E-state index is 0.168.